The first-order valence-electron chi connectivity index (χ1n) is 8.51. The van der Waals surface area contributed by atoms with Crippen molar-refractivity contribution in [3.63, 3.8) is 0 Å². The van der Waals surface area contributed by atoms with E-state index in [9.17, 15) is 9.59 Å². The Kier molecular flexibility index (Phi) is 4.45. The second-order valence-electron chi connectivity index (χ2n) is 6.00. The Balaban J connectivity index is 2.03. The number of carbonyl (C=O) groups is 2. The average Bonchev–Trinajstić information content (AvgIpc) is 3.13. The number of hydrogen-bond donors (Lipinski definition) is 0. The lowest BCUT2D eigenvalue weighted by molar-refractivity contribution is 0.0594. The highest BCUT2D eigenvalue weighted by Crippen LogP contribution is 2.40. The summed E-state index contributed by atoms with van der Waals surface area (Å²) in [5, 5.41) is 1.21. The molecule has 140 valence electrons. The van der Waals surface area contributed by atoms with E-state index in [0.29, 0.717) is 27.9 Å². The number of carbonyl (C=O) groups excluding carboxylic acids is 2. The van der Waals surface area contributed by atoms with Crippen molar-refractivity contribution in [3.8, 4) is 11.5 Å². The molecular weight excluding hydrogens is 360 g/mol. The van der Waals surface area contributed by atoms with Gasteiger partial charge in [-0.2, -0.15) is 0 Å². The summed E-state index contributed by atoms with van der Waals surface area (Å²) in [7, 11) is 2.60. The molecule has 6 nitrogen and oxygen atoms in total. The van der Waals surface area contributed by atoms with Crippen molar-refractivity contribution in [1.82, 2.24) is 0 Å². The number of rotatable bonds is 4. The molecule has 0 aliphatic rings. The summed E-state index contributed by atoms with van der Waals surface area (Å²) in [6.45, 7) is 0. The zero-order valence-corrected chi connectivity index (χ0v) is 15.2. The van der Waals surface area contributed by atoms with E-state index in [-0.39, 0.29) is 16.7 Å². The van der Waals surface area contributed by atoms with Crippen LogP contribution in [0.2, 0.25) is 0 Å². The van der Waals surface area contributed by atoms with Crippen LogP contribution in [0.25, 0.3) is 21.9 Å². The third-order valence-corrected chi connectivity index (χ3v) is 4.39. The van der Waals surface area contributed by atoms with Crippen LogP contribution in [-0.2, 0) is 9.47 Å². The van der Waals surface area contributed by atoms with Crippen molar-refractivity contribution in [1.29, 1.82) is 0 Å². The maximum absolute atomic E-state index is 12.2. The van der Waals surface area contributed by atoms with E-state index in [1.165, 1.54) is 14.2 Å². The minimum atomic E-state index is -0.546. The molecule has 0 fully saturated rings. The van der Waals surface area contributed by atoms with Crippen LogP contribution >= 0.6 is 0 Å². The number of methoxy groups -OCH3 is 2. The lowest BCUT2D eigenvalue weighted by Gasteiger charge is -2.08. The maximum atomic E-state index is 12.2. The fourth-order valence-corrected chi connectivity index (χ4v) is 3.11. The van der Waals surface area contributed by atoms with Gasteiger partial charge in [-0.1, -0.05) is 30.3 Å². The summed E-state index contributed by atoms with van der Waals surface area (Å²) in [6, 6.07) is 17.6. The Labute approximate surface area is 160 Å². The molecule has 4 aromatic rings. The predicted molar refractivity (Wildman–Crippen MR) is 103 cm³/mol. The van der Waals surface area contributed by atoms with Gasteiger partial charge in [-0.15, -0.1) is 0 Å². The van der Waals surface area contributed by atoms with Crippen LogP contribution in [-0.4, -0.2) is 26.2 Å². The van der Waals surface area contributed by atoms with Gasteiger partial charge in [0.1, 0.15) is 28.2 Å². The summed E-state index contributed by atoms with van der Waals surface area (Å²) < 4.78 is 21.7. The molecule has 0 aliphatic carbocycles. The SMILES string of the molecule is COC(=O)c1cccc2c1oc1c(C(=O)OC)ccc(Oc3ccccc3)c12. The fraction of sp³-hybridized carbons (Fsp3) is 0.0909. The highest BCUT2D eigenvalue weighted by molar-refractivity contribution is 6.17. The van der Waals surface area contributed by atoms with E-state index in [1.54, 1.807) is 30.3 Å². The molecule has 0 saturated carbocycles. The first kappa shape index (κ1) is 17.6. The van der Waals surface area contributed by atoms with Crippen LogP contribution in [0.1, 0.15) is 20.7 Å². The molecule has 28 heavy (non-hydrogen) atoms. The molecule has 0 atom stereocenters. The van der Waals surface area contributed by atoms with Crippen molar-refractivity contribution < 1.29 is 28.2 Å². The standard InChI is InChI=1S/C22H16O6/c1-25-21(23)15-10-6-9-14-18-17(27-13-7-4-3-5-8-13)12-11-16(22(24)26-2)20(18)28-19(14)15/h3-12H,1-2H3. The third-order valence-electron chi connectivity index (χ3n) is 4.39. The van der Waals surface area contributed by atoms with Crippen LogP contribution < -0.4 is 4.74 Å². The topological polar surface area (TPSA) is 75.0 Å². The second-order valence-corrected chi connectivity index (χ2v) is 6.00. The van der Waals surface area contributed by atoms with E-state index >= 15 is 0 Å². The summed E-state index contributed by atoms with van der Waals surface area (Å²) in [4.78, 5) is 24.4. The van der Waals surface area contributed by atoms with Gasteiger partial charge in [0.2, 0.25) is 0 Å². The largest absolute Gasteiger partial charge is 0.465 e. The first-order valence-corrected chi connectivity index (χ1v) is 8.51. The fourth-order valence-electron chi connectivity index (χ4n) is 3.11. The monoisotopic (exact) mass is 376 g/mol. The van der Waals surface area contributed by atoms with E-state index in [1.807, 2.05) is 30.3 Å². The predicted octanol–water partition coefficient (Wildman–Crippen LogP) is 4.95. The van der Waals surface area contributed by atoms with Gasteiger partial charge in [-0.05, 0) is 30.3 Å². The summed E-state index contributed by atoms with van der Waals surface area (Å²) in [6.07, 6.45) is 0. The van der Waals surface area contributed by atoms with Gasteiger partial charge in [0.05, 0.1) is 19.6 Å². The maximum Gasteiger partial charge on any atom is 0.341 e. The van der Waals surface area contributed by atoms with Crippen LogP contribution in [0.4, 0.5) is 0 Å². The molecule has 0 amide bonds. The quantitative estimate of drug-likeness (QED) is 0.469. The van der Waals surface area contributed by atoms with Crippen molar-refractivity contribution in [2.45, 2.75) is 0 Å². The Morgan fingerprint density at radius 1 is 0.750 bits per heavy atom. The van der Waals surface area contributed by atoms with Crippen molar-refractivity contribution in [2.24, 2.45) is 0 Å². The van der Waals surface area contributed by atoms with Gasteiger partial charge in [0, 0.05) is 5.39 Å². The lowest BCUT2D eigenvalue weighted by Crippen LogP contribution is -2.01. The van der Waals surface area contributed by atoms with E-state index < -0.39 is 11.9 Å². The first-order chi connectivity index (χ1) is 13.6. The zero-order valence-electron chi connectivity index (χ0n) is 15.2. The highest BCUT2D eigenvalue weighted by Gasteiger charge is 2.23. The van der Waals surface area contributed by atoms with Crippen LogP contribution in [0.3, 0.4) is 0 Å². The smallest absolute Gasteiger partial charge is 0.341 e. The number of esters is 2. The van der Waals surface area contributed by atoms with Crippen molar-refractivity contribution in [3.05, 3.63) is 71.8 Å². The summed E-state index contributed by atoms with van der Waals surface area (Å²) in [5.41, 5.74) is 1.10. The van der Waals surface area contributed by atoms with Gasteiger partial charge < -0.3 is 18.6 Å². The van der Waals surface area contributed by atoms with Crippen LogP contribution in [0.15, 0.2) is 65.1 Å². The summed E-state index contributed by atoms with van der Waals surface area (Å²) >= 11 is 0. The number of ether oxygens (including phenoxy) is 3. The lowest BCUT2D eigenvalue weighted by atomic mass is 10.1. The third kappa shape index (κ3) is 2.85. The Bertz CT molecular complexity index is 1190. The number of para-hydroxylation sites is 2. The molecular formula is C22H16O6. The van der Waals surface area contributed by atoms with Crippen molar-refractivity contribution in [2.75, 3.05) is 14.2 Å². The van der Waals surface area contributed by atoms with Gasteiger partial charge in [-0.3, -0.25) is 0 Å². The Morgan fingerprint density at radius 3 is 2.11 bits per heavy atom. The average molecular weight is 376 g/mol. The van der Waals surface area contributed by atoms with Gasteiger partial charge in [0.25, 0.3) is 0 Å². The normalized spacial score (nSPS) is 10.8. The van der Waals surface area contributed by atoms with E-state index in [0.717, 1.165) is 0 Å². The molecule has 0 radical (unpaired) electrons. The van der Waals surface area contributed by atoms with Gasteiger partial charge in [-0.25, -0.2) is 9.59 Å². The van der Waals surface area contributed by atoms with Crippen LogP contribution in [0, 0.1) is 0 Å². The van der Waals surface area contributed by atoms with E-state index in [4.69, 9.17) is 18.6 Å². The molecule has 4 rings (SSSR count). The molecule has 1 heterocycles. The molecule has 0 aliphatic heterocycles. The molecule has 0 N–H and O–H groups in total. The molecule has 0 unspecified atom stereocenters. The highest BCUT2D eigenvalue weighted by atomic mass is 16.5. The van der Waals surface area contributed by atoms with Crippen molar-refractivity contribution >= 4 is 33.9 Å². The number of fused-ring (bicyclic) bond motifs is 3. The van der Waals surface area contributed by atoms with Crippen LogP contribution in [0.5, 0.6) is 11.5 Å². The Morgan fingerprint density at radius 2 is 1.43 bits per heavy atom. The number of furan rings is 1. The van der Waals surface area contributed by atoms with Gasteiger partial charge >= 0.3 is 11.9 Å². The minimum Gasteiger partial charge on any atom is -0.465 e. The molecule has 6 heteroatoms. The Hall–Kier alpha value is -3.80. The zero-order chi connectivity index (χ0) is 19.7. The molecule has 0 bridgehead atoms. The molecule has 1 aromatic heterocycles. The minimum absolute atomic E-state index is 0.241. The van der Waals surface area contributed by atoms with Gasteiger partial charge in [0.15, 0.2) is 5.58 Å². The molecule has 0 spiro atoms. The second kappa shape index (κ2) is 7.08. The molecule has 3 aromatic carbocycles. The summed E-state index contributed by atoms with van der Waals surface area (Å²) in [5.74, 6) is 0.0486. The number of benzene rings is 3. The molecule has 0 saturated heterocycles. The number of hydrogen-bond acceptors (Lipinski definition) is 6. The van der Waals surface area contributed by atoms with E-state index in [2.05, 4.69) is 0 Å².